The second-order valence-corrected chi connectivity index (χ2v) is 26.1. The lowest BCUT2D eigenvalue weighted by Crippen LogP contribution is -2.42. The first-order valence-corrected chi connectivity index (χ1v) is 32.0. The molecule has 0 spiro atoms. The number of alkyl halides is 3. The molecule has 492 valence electrons. The summed E-state index contributed by atoms with van der Waals surface area (Å²) in [4.78, 5) is 50.7. The first-order chi connectivity index (χ1) is 42.8. The summed E-state index contributed by atoms with van der Waals surface area (Å²) in [6.45, 7) is 17.3. The van der Waals surface area contributed by atoms with Crippen LogP contribution >= 0.6 is 23.2 Å². The number of halogens is 5. The van der Waals surface area contributed by atoms with Crippen molar-refractivity contribution in [1.29, 1.82) is 10.5 Å². The SMILES string of the molecule is C[C@H](CO[C@@H](C)C(=O)O)NC1CCC(Cc2cc(-c3cccc(NCC4(C#N)CCOCC4)n3)c(Cl)cn2)CC1.C[C@H](CO[C@@H](C)C(=O)OC(C)(C)C)NC1CCC(Cc2cc(-c3cccc(NCC4(C#N)CCOCC4)n3)c(Cl)cn2)CC1.O=CC(F)(F)F. The Morgan fingerprint density at radius 2 is 1.08 bits per heavy atom. The van der Waals surface area contributed by atoms with Gasteiger partial charge in [-0.3, -0.25) is 14.8 Å². The lowest BCUT2D eigenvalue weighted by molar-refractivity contribution is -0.167. The Kier molecular flexibility index (Phi) is 28.5. The molecule has 4 aromatic rings. The van der Waals surface area contributed by atoms with Gasteiger partial charge < -0.3 is 50.1 Å². The van der Waals surface area contributed by atoms with E-state index in [9.17, 15) is 33.3 Å². The van der Waals surface area contributed by atoms with Crippen LogP contribution in [0, 0.1) is 45.3 Å². The first-order valence-electron chi connectivity index (χ1n) is 31.2. The minimum Gasteiger partial charge on any atom is -0.479 e. The number of esters is 1. The number of anilines is 2. The number of carboxylic acids is 1. The molecule has 4 fully saturated rings. The van der Waals surface area contributed by atoms with Crippen LogP contribution in [0.3, 0.4) is 0 Å². The maximum absolute atomic E-state index is 12.2. The van der Waals surface area contributed by atoms with E-state index >= 15 is 0 Å². The molecule has 0 radical (unpaired) electrons. The summed E-state index contributed by atoms with van der Waals surface area (Å²) in [5, 5.41) is 43.6. The number of carbonyl (C=O) groups is 3. The number of pyridine rings is 4. The van der Waals surface area contributed by atoms with E-state index in [1.54, 1.807) is 26.2 Å². The van der Waals surface area contributed by atoms with Crippen molar-refractivity contribution < 1.29 is 56.3 Å². The summed E-state index contributed by atoms with van der Waals surface area (Å²) in [5.74, 6) is 1.27. The molecule has 2 aliphatic heterocycles. The van der Waals surface area contributed by atoms with Gasteiger partial charge in [0.25, 0.3) is 0 Å². The molecule has 0 aromatic carbocycles. The standard InChI is InChI=1S/C34H48ClN5O4.C30H40ClN5O4.C2HF3O/c1-23(20-43-24(2)32(41)44-33(3,4)5)39-26-11-9-25(10-12-26)17-27-18-28(29(35)19-37-27)30-7-6-8-31(40-30)38-22-34(21-36)13-15-42-16-14-34;1-20(17-40-21(2)29(37)38)35-23-8-6-22(7-9-23)14-24-15-25(26(31)16-33-24)27-4-3-5-28(36-27)34-19-30(18-32)10-12-39-13-11-30;3-2(4,5)1-6/h6-8,18-19,23-26,39H,9-17,20,22H2,1-5H3,(H,38,40);3-5,15-16,20-23,35H,6-14,17,19H2,1-2H3,(H,34,36)(H,37,38);1H/t23-,24+,25?,26?;20-,21+,22?,23?;/m11./s1. The van der Waals surface area contributed by atoms with E-state index in [0.717, 1.165) is 123 Å². The summed E-state index contributed by atoms with van der Waals surface area (Å²) >= 11 is 13.2. The molecule has 19 nitrogen and oxygen atoms in total. The van der Waals surface area contributed by atoms with E-state index in [-0.39, 0.29) is 18.1 Å². The predicted molar refractivity (Wildman–Crippen MR) is 339 cm³/mol. The fourth-order valence-electron chi connectivity index (χ4n) is 11.3. The van der Waals surface area contributed by atoms with Gasteiger partial charge in [0.1, 0.15) is 17.2 Å². The lowest BCUT2D eigenvalue weighted by Gasteiger charge is -2.31. The van der Waals surface area contributed by atoms with E-state index < -0.39 is 47.1 Å². The van der Waals surface area contributed by atoms with Crippen LogP contribution < -0.4 is 21.3 Å². The molecule has 2 aliphatic carbocycles. The molecular weight excluding hydrogens is 1200 g/mol. The number of aromatic nitrogens is 4. The second kappa shape index (κ2) is 35.1. The van der Waals surface area contributed by atoms with E-state index in [4.69, 9.17) is 66.8 Å². The smallest absolute Gasteiger partial charge is 0.446 e. The van der Waals surface area contributed by atoms with Gasteiger partial charge >= 0.3 is 18.1 Å². The van der Waals surface area contributed by atoms with Crippen molar-refractivity contribution in [2.45, 2.75) is 187 Å². The number of nitriles is 2. The Morgan fingerprint density at radius 1 is 0.689 bits per heavy atom. The van der Waals surface area contributed by atoms with E-state index in [0.29, 0.717) is 99.5 Å². The van der Waals surface area contributed by atoms with Crippen molar-refractivity contribution in [1.82, 2.24) is 30.6 Å². The number of hydrogen-bond acceptors (Lipinski definition) is 18. The van der Waals surface area contributed by atoms with Crippen LogP contribution in [0.5, 0.6) is 0 Å². The van der Waals surface area contributed by atoms with Crippen LogP contribution in [0.2, 0.25) is 10.0 Å². The molecule has 6 heterocycles. The van der Waals surface area contributed by atoms with Gasteiger partial charge in [-0.15, -0.1) is 0 Å². The summed E-state index contributed by atoms with van der Waals surface area (Å²) in [7, 11) is 0. The maximum Gasteiger partial charge on any atom is 0.446 e. The Labute approximate surface area is 537 Å². The van der Waals surface area contributed by atoms with Gasteiger partial charge in [0.15, 0.2) is 12.2 Å². The third kappa shape index (κ3) is 24.5. The quantitative estimate of drug-likeness (QED) is 0.0322. The second-order valence-electron chi connectivity index (χ2n) is 25.3. The Bertz CT molecular complexity index is 3010. The van der Waals surface area contributed by atoms with Crippen molar-refractivity contribution in [3.05, 3.63) is 82.4 Å². The zero-order chi connectivity index (χ0) is 65.5. The average Bonchev–Trinajstić information content (AvgIpc) is 1.61. The molecule has 2 saturated heterocycles. The molecule has 0 unspecified atom stereocenters. The summed E-state index contributed by atoms with van der Waals surface area (Å²) in [6, 6.07) is 21.8. The van der Waals surface area contributed by atoms with Crippen LogP contribution in [0.4, 0.5) is 24.8 Å². The van der Waals surface area contributed by atoms with Crippen LogP contribution in [-0.4, -0.2) is 144 Å². The van der Waals surface area contributed by atoms with Gasteiger partial charge in [-0.1, -0.05) is 35.3 Å². The van der Waals surface area contributed by atoms with Crippen LogP contribution in [0.25, 0.3) is 22.5 Å². The van der Waals surface area contributed by atoms with Crippen molar-refractivity contribution in [2.24, 2.45) is 22.7 Å². The minimum atomic E-state index is -4.64. The van der Waals surface area contributed by atoms with E-state index in [1.807, 2.05) is 64.1 Å². The summed E-state index contributed by atoms with van der Waals surface area (Å²) in [5.41, 5.74) is 3.92. The molecule has 0 amide bonds. The van der Waals surface area contributed by atoms with Crippen molar-refractivity contribution in [2.75, 3.05) is 63.4 Å². The number of aliphatic carboxylic acids is 1. The third-order valence-corrected chi connectivity index (χ3v) is 17.2. The van der Waals surface area contributed by atoms with Crippen LogP contribution in [0.15, 0.2) is 60.9 Å². The Hall–Kier alpha value is -6.08. The molecule has 0 bridgehead atoms. The number of carboxylic acid groups (broad SMARTS) is 1. The van der Waals surface area contributed by atoms with Crippen LogP contribution in [0.1, 0.15) is 137 Å². The molecule has 2 saturated carbocycles. The molecule has 90 heavy (non-hydrogen) atoms. The highest BCUT2D eigenvalue weighted by atomic mass is 35.5. The normalized spacial score (nSPS) is 21.1. The van der Waals surface area contributed by atoms with Gasteiger partial charge in [0.05, 0.1) is 57.6 Å². The predicted octanol–water partition coefficient (Wildman–Crippen LogP) is 12.2. The fourth-order valence-corrected chi connectivity index (χ4v) is 11.7. The number of hydrogen-bond donors (Lipinski definition) is 5. The maximum atomic E-state index is 12.2. The number of nitrogens with one attached hydrogen (secondary N) is 4. The number of nitrogens with zero attached hydrogens (tertiary/aromatic N) is 6. The monoisotopic (exact) mass is 1290 g/mol. The van der Waals surface area contributed by atoms with Gasteiger partial charge in [-0.25, -0.2) is 19.6 Å². The number of rotatable bonds is 24. The summed E-state index contributed by atoms with van der Waals surface area (Å²) in [6.07, 6.45) is 9.73. The molecule has 4 aliphatic rings. The average molecular weight is 1290 g/mol. The Balaban J connectivity index is 0.000000263. The van der Waals surface area contributed by atoms with Crippen molar-refractivity contribution >= 4 is 53.1 Å². The van der Waals surface area contributed by atoms with Gasteiger partial charge in [-0.2, -0.15) is 23.7 Å². The van der Waals surface area contributed by atoms with E-state index in [1.165, 1.54) is 0 Å². The van der Waals surface area contributed by atoms with Gasteiger partial charge in [0.2, 0.25) is 6.29 Å². The topological polar surface area (TPSA) is 265 Å². The molecule has 8 rings (SSSR count). The van der Waals surface area contributed by atoms with Gasteiger partial charge in [-0.05, 0) is 187 Å². The molecule has 24 heteroatoms. The van der Waals surface area contributed by atoms with Gasteiger partial charge in [0, 0.05) is 98.6 Å². The van der Waals surface area contributed by atoms with E-state index in [2.05, 4.69) is 62.4 Å². The highest BCUT2D eigenvalue weighted by Crippen LogP contribution is 2.36. The van der Waals surface area contributed by atoms with Crippen molar-refractivity contribution in [3.8, 4) is 34.7 Å². The summed E-state index contributed by atoms with van der Waals surface area (Å²) < 4.78 is 58.7. The third-order valence-electron chi connectivity index (χ3n) is 16.6. The highest BCUT2D eigenvalue weighted by molar-refractivity contribution is 6.33. The fraction of sp³-hybridized carbons (Fsp3) is 0.621. The highest BCUT2D eigenvalue weighted by Gasteiger charge is 2.35. The molecule has 5 N–H and O–H groups in total. The van der Waals surface area contributed by atoms with Crippen LogP contribution in [-0.2, 0) is 50.9 Å². The molecule has 4 atom stereocenters. The zero-order valence-corrected chi connectivity index (χ0v) is 54.3. The molecular formula is C66H89Cl2F3N10O9. The number of aldehydes is 1. The number of carbonyl (C=O) groups excluding carboxylic acids is 2. The zero-order valence-electron chi connectivity index (χ0n) is 52.8. The largest absolute Gasteiger partial charge is 0.479 e. The number of ether oxygens (including phenoxy) is 5. The lowest BCUT2D eigenvalue weighted by atomic mass is 9.82. The Morgan fingerprint density at radius 3 is 1.43 bits per heavy atom. The first kappa shape index (κ1) is 73.0. The minimum absolute atomic E-state index is 0.101. The van der Waals surface area contributed by atoms with Crippen molar-refractivity contribution in [3.63, 3.8) is 0 Å². The molecule has 4 aromatic heterocycles.